The average molecular weight is 291 g/mol. The van der Waals surface area contributed by atoms with Crippen molar-refractivity contribution in [3.05, 3.63) is 35.4 Å². The lowest BCUT2D eigenvalue weighted by Crippen LogP contribution is -2.35. The first-order valence-electron chi connectivity index (χ1n) is 8.23. The summed E-state index contributed by atoms with van der Waals surface area (Å²) in [5.41, 5.74) is 3.10. The summed E-state index contributed by atoms with van der Waals surface area (Å²) in [4.78, 5) is 0. The molecule has 2 unspecified atom stereocenters. The zero-order chi connectivity index (χ0) is 14.9. The van der Waals surface area contributed by atoms with Gasteiger partial charge in [-0.1, -0.05) is 31.2 Å². The van der Waals surface area contributed by atoms with Crippen molar-refractivity contribution in [2.24, 2.45) is 0 Å². The minimum atomic E-state index is 0.433. The van der Waals surface area contributed by atoms with E-state index in [1.165, 1.54) is 19.3 Å². The number of hydrogen-bond acceptors (Lipinski definition) is 3. The third kappa shape index (κ3) is 5.10. The standard InChI is InChI=1S/C18H29NO2/c1-3-19-17(14-21-12-11-20-2)13-16-9-6-8-15-7-4-5-10-18(15)16/h4-5,7,10,16-17,19H,3,6,8-9,11-14H2,1-2H3. The summed E-state index contributed by atoms with van der Waals surface area (Å²) in [6, 6.07) is 9.38. The zero-order valence-corrected chi connectivity index (χ0v) is 13.4. The molecule has 1 aliphatic carbocycles. The Morgan fingerprint density at radius 3 is 2.95 bits per heavy atom. The minimum absolute atomic E-state index is 0.433. The van der Waals surface area contributed by atoms with Gasteiger partial charge in [-0.15, -0.1) is 0 Å². The highest BCUT2D eigenvalue weighted by atomic mass is 16.5. The number of ether oxygens (including phenoxy) is 2. The van der Waals surface area contributed by atoms with Crippen LogP contribution in [-0.2, 0) is 15.9 Å². The van der Waals surface area contributed by atoms with Crippen LogP contribution in [0, 0.1) is 0 Å². The second kappa shape index (κ2) is 9.19. The van der Waals surface area contributed by atoms with Crippen LogP contribution in [0.1, 0.15) is 43.2 Å². The van der Waals surface area contributed by atoms with Crippen molar-refractivity contribution in [3.63, 3.8) is 0 Å². The summed E-state index contributed by atoms with van der Waals surface area (Å²) in [5, 5.41) is 3.57. The summed E-state index contributed by atoms with van der Waals surface area (Å²) in [6.45, 7) is 5.28. The van der Waals surface area contributed by atoms with E-state index in [1.807, 2.05) is 0 Å². The Labute approximate surface area is 129 Å². The van der Waals surface area contributed by atoms with Crippen LogP contribution in [0.5, 0.6) is 0 Å². The molecule has 0 amide bonds. The van der Waals surface area contributed by atoms with Gasteiger partial charge in [0.15, 0.2) is 0 Å². The van der Waals surface area contributed by atoms with Crippen LogP contribution >= 0.6 is 0 Å². The van der Waals surface area contributed by atoms with Gasteiger partial charge in [0.25, 0.3) is 0 Å². The third-order valence-electron chi connectivity index (χ3n) is 4.31. The molecule has 0 heterocycles. The van der Waals surface area contributed by atoms with Crippen molar-refractivity contribution < 1.29 is 9.47 Å². The van der Waals surface area contributed by atoms with Gasteiger partial charge < -0.3 is 14.8 Å². The highest BCUT2D eigenvalue weighted by Crippen LogP contribution is 2.34. The van der Waals surface area contributed by atoms with E-state index >= 15 is 0 Å². The molecule has 1 aromatic carbocycles. The molecule has 1 aliphatic rings. The van der Waals surface area contributed by atoms with E-state index in [-0.39, 0.29) is 0 Å². The molecule has 0 fully saturated rings. The number of likely N-dealkylation sites (N-methyl/N-ethyl adjacent to an activating group) is 1. The quantitative estimate of drug-likeness (QED) is 0.709. The molecule has 0 bridgehead atoms. The summed E-state index contributed by atoms with van der Waals surface area (Å²) < 4.78 is 10.8. The molecule has 0 spiro atoms. The number of rotatable bonds is 9. The molecule has 118 valence electrons. The monoisotopic (exact) mass is 291 g/mol. The normalized spacial score (nSPS) is 19.2. The number of methoxy groups -OCH3 is 1. The predicted molar refractivity (Wildman–Crippen MR) is 86.9 cm³/mol. The topological polar surface area (TPSA) is 30.5 Å². The highest BCUT2D eigenvalue weighted by molar-refractivity contribution is 5.32. The second-order valence-corrected chi connectivity index (χ2v) is 5.85. The van der Waals surface area contributed by atoms with Crippen LogP contribution in [0.25, 0.3) is 0 Å². The highest BCUT2D eigenvalue weighted by Gasteiger charge is 2.23. The summed E-state index contributed by atoms with van der Waals surface area (Å²) in [6.07, 6.45) is 5.02. The summed E-state index contributed by atoms with van der Waals surface area (Å²) in [5.74, 6) is 0.671. The lowest BCUT2D eigenvalue weighted by molar-refractivity contribution is 0.0564. The Hall–Kier alpha value is -0.900. The van der Waals surface area contributed by atoms with E-state index in [2.05, 4.69) is 36.5 Å². The fourth-order valence-corrected chi connectivity index (χ4v) is 3.31. The molecule has 3 nitrogen and oxygen atoms in total. The van der Waals surface area contributed by atoms with Crippen LogP contribution in [0.15, 0.2) is 24.3 Å². The largest absolute Gasteiger partial charge is 0.382 e. The average Bonchev–Trinajstić information content (AvgIpc) is 2.52. The summed E-state index contributed by atoms with van der Waals surface area (Å²) in [7, 11) is 1.71. The van der Waals surface area contributed by atoms with E-state index in [0.29, 0.717) is 25.2 Å². The van der Waals surface area contributed by atoms with Gasteiger partial charge in [0.05, 0.1) is 19.8 Å². The van der Waals surface area contributed by atoms with Gasteiger partial charge in [-0.05, 0) is 49.3 Å². The maximum atomic E-state index is 5.73. The van der Waals surface area contributed by atoms with Crippen LogP contribution in [-0.4, -0.2) is 39.5 Å². The van der Waals surface area contributed by atoms with Crippen molar-refractivity contribution >= 4 is 0 Å². The first-order chi connectivity index (χ1) is 10.3. The number of aryl methyl sites for hydroxylation is 1. The second-order valence-electron chi connectivity index (χ2n) is 5.85. The zero-order valence-electron chi connectivity index (χ0n) is 13.4. The van der Waals surface area contributed by atoms with Crippen molar-refractivity contribution in [2.75, 3.05) is 33.5 Å². The number of benzene rings is 1. The minimum Gasteiger partial charge on any atom is -0.382 e. The molecular weight excluding hydrogens is 262 g/mol. The van der Waals surface area contributed by atoms with Crippen LogP contribution < -0.4 is 5.32 Å². The Morgan fingerprint density at radius 2 is 2.14 bits per heavy atom. The van der Waals surface area contributed by atoms with Gasteiger partial charge in [-0.25, -0.2) is 0 Å². The molecular formula is C18H29NO2. The Morgan fingerprint density at radius 1 is 1.29 bits per heavy atom. The molecule has 1 aromatic rings. The smallest absolute Gasteiger partial charge is 0.0701 e. The van der Waals surface area contributed by atoms with Crippen molar-refractivity contribution in [1.29, 1.82) is 0 Å². The SMILES string of the molecule is CCNC(COCCOC)CC1CCCc2ccccc21. The van der Waals surface area contributed by atoms with Crippen molar-refractivity contribution in [1.82, 2.24) is 5.32 Å². The Balaban J connectivity index is 1.91. The third-order valence-corrected chi connectivity index (χ3v) is 4.31. The molecule has 3 heteroatoms. The van der Waals surface area contributed by atoms with E-state index < -0.39 is 0 Å². The molecule has 21 heavy (non-hydrogen) atoms. The maximum Gasteiger partial charge on any atom is 0.0701 e. The van der Waals surface area contributed by atoms with Gasteiger partial charge in [0, 0.05) is 13.2 Å². The van der Waals surface area contributed by atoms with E-state index in [0.717, 1.165) is 19.6 Å². The molecule has 2 rings (SSSR count). The molecule has 1 N–H and O–H groups in total. The molecule has 0 aromatic heterocycles. The lowest BCUT2D eigenvalue weighted by Gasteiger charge is -2.29. The van der Waals surface area contributed by atoms with Gasteiger partial charge in [-0.2, -0.15) is 0 Å². The van der Waals surface area contributed by atoms with Crippen LogP contribution in [0.3, 0.4) is 0 Å². The van der Waals surface area contributed by atoms with E-state index in [4.69, 9.17) is 9.47 Å². The summed E-state index contributed by atoms with van der Waals surface area (Å²) >= 11 is 0. The van der Waals surface area contributed by atoms with Crippen molar-refractivity contribution in [2.45, 2.75) is 44.6 Å². The molecule has 0 radical (unpaired) electrons. The number of fused-ring (bicyclic) bond motifs is 1. The molecule has 0 aliphatic heterocycles. The predicted octanol–water partition coefficient (Wildman–Crippen LogP) is 3.14. The fourth-order valence-electron chi connectivity index (χ4n) is 3.31. The van der Waals surface area contributed by atoms with E-state index in [9.17, 15) is 0 Å². The van der Waals surface area contributed by atoms with Gasteiger partial charge in [0.1, 0.15) is 0 Å². The first kappa shape index (κ1) is 16.5. The van der Waals surface area contributed by atoms with Crippen LogP contribution in [0.4, 0.5) is 0 Å². The van der Waals surface area contributed by atoms with E-state index in [1.54, 1.807) is 18.2 Å². The fraction of sp³-hybridized carbons (Fsp3) is 0.667. The molecule has 0 saturated carbocycles. The maximum absolute atomic E-state index is 5.73. The van der Waals surface area contributed by atoms with Crippen molar-refractivity contribution in [3.8, 4) is 0 Å². The Bertz CT molecular complexity index is 408. The first-order valence-corrected chi connectivity index (χ1v) is 8.23. The number of nitrogens with one attached hydrogen (secondary N) is 1. The Kier molecular flexibility index (Phi) is 7.20. The lowest BCUT2D eigenvalue weighted by atomic mass is 9.79. The van der Waals surface area contributed by atoms with Gasteiger partial charge in [0.2, 0.25) is 0 Å². The van der Waals surface area contributed by atoms with Gasteiger partial charge >= 0.3 is 0 Å². The molecule has 2 atom stereocenters. The molecule has 0 saturated heterocycles. The van der Waals surface area contributed by atoms with Crippen LogP contribution in [0.2, 0.25) is 0 Å². The number of hydrogen-bond donors (Lipinski definition) is 1. The van der Waals surface area contributed by atoms with Gasteiger partial charge in [-0.3, -0.25) is 0 Å².